The Morgan fingerprint density at radius 2 is 1.67 bits per heavy atom. The second-order valence-corrected chi connectivity index (χ2v) is 5.73. The molecule has 1 aliphatic rings. The minimum absolute atomic E-state index is 0.529. The van der Waals surface area contributed by atoms with E-state index in [0.29, 0.717) is 10.8 Å². The molecule has 0 nitrogen and oxygen atoms in total. The molecule has 0 aromatic carbocycles. The Hall–Kier alpha value is 0. The van der Waals surface area contributed by atoms with E-state index in [-0.39, 0.29) is 0 Å². The molecule has 0 radical (unpaired) electrons. The molecule has 0 unspecified atom stereocenters. The van der Waals surface area contributed by atoms with Crippen molar-refractivity contribution >= 4 is 0 Å². The molecule has 0 N–H and O–H groups in total. The predicted molar refractivity (Wildman–Crippen MR) is 55.1 cm³/mol. The van der Waals surface area contributed by atoms with Gasteiger partial charge in [0.1, 0.15) is 0 Å². The van der Waals surface area contributed by atoms with Crippen LogP contribution in [-0.2, 0) is 0 Å². The van der Waals surface area contributed by atoms with Gasteiger partial charge in [0, 0.05) is 0 Å². The van der Waals surface area contributed by atoms with E-state index < -0.39 is 0 Å². The second kappa shape index (κ2) is 2.75. The molecule has 0 aromatic rings. The van der Waals surface area contributed by atoms with E-state index in [1.54, 1.807) is 0 Å². The first-order valence-electron chi connectivity index (χ1n) is 5.32. The first kappa shape index (κ1) is 10.1. The molecule has 1 fully saturated rings. The van der Waals surface area contributed by atoms with Gasteiger partial charge >= 0.3 is 0 Å². The molecule has 1 rings (SSSR count). The quantitative estimate of drug-likeness (QED) is 0.553. The number of hydrogen-bond donors (Lipinski definition) is 0. The molecule has 0 aliphatic heterocycles. The maximum absolute atomic E-state index is 2.47. The molecular weight excluding hydrogens is 144 g/mol. The molecule has 0 amide bonds. The van der Waals surface area contributed by atoms with Crippen LogP contribution in [0.2, 0.25) is 0 Å². The van der Waals surface area contributed by atoms with Crippen molar-refractivity contribution in [2.75, 3.05) is 0 Å². The molecule has 0 saturated heterocycles. The van der Waals surface area contributed by atoms with E-state index in [4.69, 9.17) is 0 Å². The second-order valence-electron chi connectivity index (χ2n) is 5.73. The smallest absolute Gasteiger partial charge is 0.0249 e. The minimum Gasteiger partial charge on any atom is -0.0622 e. The lowest BCUT2D eigenvalue weighted by Crippen LogP contribution is -2.37. The molecular formula is C12H24. The first-order valence-corrected chi connectivity index (χ1v) is 5.32. The van der Waals surface area contributed by atoms with Crippen LogP contribution in [0.1, 0.15) is 54.4 Å². The van der Waals surface area contributed by atoms with Gasteiger partial charge in [0.25, 0.3) is 0 Å². The first-order chi connectivity index (χ1) is 5.32. The molecule has 0 heteroatoms. The van der Waals surface area contributed by atoms with Gasteiger partial charge in [-0.1, -0.05) is 41.5 Å². The van der Waals surface area contributed by atoms with Crippen LogP contribution in [0.5, 0.6) is 0 Å². The van der Waals surface area contributed by atoms with E-state index in [9.17, 15) is 0 Å². The van der Waals surface area contributed by atoms with Crippen molar-refractivity contribution in [1.82, 2.24) is 0 Å². The zero-order valence-electron chi connectivity index (χ0n) is 9.57. The monoisotopic (exact) mass is 168 g/mol. The third-order valence-electron chi connectivity index (χ3n) is 5.07. The summed E-state index contributed by atoms with van der Waals surface area (Å²) in [7, 11) is 0. The maximum Gasteiger partial charge on any atom is -0.0249 e. The van der Waals surface area contributed by atoms with Gasteiger partial charge in [-0.05, 0) is 35.5 Å². The van der Waals surface area contributed by atoms with Crippen molar-refractivity contribution in [3.63, 3.8) is 0 Å². The van der Waals surface area contributed by atoms with Gasteiger partial charge in [-0.25, -0.2) is 0 Å². The van der Waals surface area contributed by atoms with Gasteiger partial charge in [-0.2, -0.15) is 0 Å². The Morgan fingerprint density at radius 3 is 1.83 bits per heavy atom. The Balaban J connectivity index is 2.93. The third-order valence-corrected chi connectivity index (χ3v) is 5.07. The maximum atomic E-state index is 2.47. The summed E-state index contributed by atoms with van der Waals surface area (Å²) in [5, 5.41) is 0. The molecule has 2 atom stereocenters. The van der Waals surface area contributed by atoms with E-state index >= 15 is 0 Å². The molecule has 0 aromatic heterocycles. The molecule has 1 aliphatic carbocycles. The fraction of sp³-hybridized carbons (Fsp3) is 1.00. The van der Waals surface area contributed by atoms with Gasteiger partial charge in [0.15, 0.2) is 0 Å². The fourth-order valence-corrected chi connectivity index (χ4v) is 2.79. The lowest BCUT2D eigenvalue weighted by atomic mass is 9.61. The Bertz CT molecular complexity index is 167. The van der Waals surface area contributed by atoms with Crippen LogP contribution >= 0.6 is 0 Å². The zero-order valence-corrected chi connectivity index (χ0v) is 9.57. The highest BCUT2D eigenvalue weighted by Gasteiger charge is 2.50. The number of hydrogen-bond acceptors (Lipinski definition) is 0. The van der Waals surface area contributed by atoms with Gasteiger partial charge < -0.3 is 0 Å². The van der Waals surface area contributed by atoms with Gasteiger partial charge in [0.2, 0.25) is 0 Å². The minimum atomic E-state index is 0.529. The fourth-order valence-electron chi connectivity index (χ4n) is 2.79. The predicted octanol–water partition coefficient (Wildman–Crippen LogP) is 4.10. The highest BCUT2D eigenvalue weighted by Crippen LogP contribution is 2.59. The van der Waals surface area contributed by atoms with Crippen LogP contribution < -0.4 is 0 Å². The van der Waals surface area contributed by atoms with E-state index in [1.807, 2.05) is 0 Å². The highest BCUT2D eigenvalue weighted by atomic mass is 14.6. The third kappa shape index (κ3) is 1.11. The van der Waals surface area contributed by atoms with Crippen LogP contribution in [0.4, 0.5) is 0 Å². The van der Waals surface area contributed by atoms with Crippen molar-refractivity contribution in [1.29, 1.82) is 0 Å². The van der Waals surface area contributed by atoms with Crippen LogP contribution in [-0.4, -0.2) is 0 Å². The van der Waals surface area contributed by atoms with Crippen molar-refractivity contribution in [3.8, 4) is 0 Å². The Morgan fingerprint density at radius 1 is 1.17 bits per heavy atom. The average molecular weight is 168 g/mol. The normalized spacial score (nSPS) is 40.8. The molecule has 12 heavy (non-hydrogen) atoms. The summed E-state index contributed by atoms with van der Waals surface area (Å²) in [4.78, 5) is 0. The summed E-state index contributed by atoms with van der Waals surface area (Å²) >= 11 is 0. The molecule has 0 bridgehead atoms. The molecule has 0 spiro atoms. The number of rotatable bonds is 1. The molecule has 0 heterocycles. The lowest BCUT2D eigenvalue weighted by Gasteiger charge is -2.44. The van der Waals surface area contributed by atoms with Gasteiger partial charge in [-0.15, -0.1) is 0 Å². The van der Waals surface area contributed by atoms with Crippen molar-refractivity contribution in [2.24, 2.45) is 22.7 Å². The Labute approximate surface area is 77.7 Å². The van der Waals surface area contributed by atoms with Gasteiger partial charge in [0.05, 0.1) is 0 Å². The average Bonchev–Trinajstić information content (AvgIpc) is 2.15. The largest absolute Gasteiger partial charge is 0.0622 e. The SMILES string of the molecule is CC(C)[C@]1(C)CC[C@H](C)C1(C)C. The highest BCUT2D eigenvalue weighted by molar-refractivity contribution is 4.99. The van der Waals surface area contributed by atoms with Crippen LogP contribution in [0.3, 0.4) is 0 Å². The van der Waals surface area contributed by atoms with E-state index in [0.717, 1.165) is 11.8 Å². The van der Waals surface area contributed by atoms with Gasteiger partial charge in [-0.3, -0.25) is 0 Å². The summed E-state index contributed by atoms with van der Waals surface area (Å²) in [6, 6.07) is 0. The van der Waals surface area contributed by atoms with Crippen LogP contribution in [0, 0.1) is 22.7 Å². The topological polar surface area (TPSA) is 0 Å². The Kier molecular flexibility index (Phi) is 2.31. The zero-order chi connectivity index (χ0) is 9.57. The van der Waals surface area contributed by atoms with Crippen molar-refractivity contribution in [2.45, 2.75) is 54.4 Å². The van der Waals surface area contributed by atoms with E-state index in [2.05, 4.69) is 41.5 Å². The standard InChI is InChI=1S/C12H24/c1-9(2)12(6)8-7-10(3)11(12,4)5/h9-10H,7-8H2,1-6H3/t10-,12-/m0/s1. The summed E-state index contributed by atoms with van der Waals surface area (Å²) in [6.07, 6.45) is 2.83. The summed E-state index contributed by atoms with van der Waals surface area (Å²) < 4.78 is 0. The summed E-state index contributed by atoms with van der Waals surface area (Å²) in [5.74, 6) is 1.71. The van der Waals surface area contributed by atoms with E-state index in [1.165, 1.54) is 12.8 Å². The van der Waals surface area contributed by atoms with Crippen molar-refractivity contribution in [3.05, 3.63) is 0 Å². The summed E-state index contributed by atoms with van der Waals surface area (Å²) in [5.41, 5.74) is 1.09. The van der Waals surface area contributed by atoms with Crippen LogP contribution in [0.15, 0.2) is 0 Å². The summed E-state index contributed by atoms with van der Waals surface area (Å²) in [6.45, 7) is 14.5. The molecule has 1 saturated carbocycles. The van der Waals surface area contributed by atoms with Crippen LogP contribution in [0.25, 0.3) is 0 Å². The van der Waals surface area contributed by atoms with Crippen molar-refractivity contribution < 1.29 is 0 Å². The lowest BCUT2D eigenvalue weighted by molar-refractivity contribution is 0.0467. The molecule has 72 valence electrons.